The van der Waals surface area contributed by atoms with Crippen LogP contribution >= 0.6 is 12.4 Å². The molecule has 0 bridgehead atoms. The molecule has 0 amide bonds. The van der Waals surface area contributed by atoms with Gasteiger partial charge >= 0.3 is 0 Å². The van der Waals surface area contributed by atoms with Gasteiger partial charge in [-0.15, -0.1) is 12.4 Å². The number of aryl methyl sites for hydroxylation is 2. The van der Waals surface area contributed by atoms with Gasteiger partial charge in [-0.1, -0.05) is 6.07 Å². The molecule has 0 unspecified atom stereocenters. The van der Waals surface area contributed by atoms with Gasteiger partial charge in [0.05, 0.1) is 7.11 Å². The van der Waals surface area contributed by atoms with Crippen molar-refractivity contribution in [1.29, 1.82) is 0 Å². The van der Waals surface area contributed by atoms with E-state index < -0.39 is 10.0 Å². The monoisotopic (exact) mass is 334 g/mol. The van der Waals surface area contributed by atoms with Crippen molar-refractivity contribution in [1.82, 2.24) is 4.72 Å². The fourth-order valence-electron chi connectivity index (χ4n) is 2.50. The molecule has 1 aliphatic carbocycles. The van der Waals surface area contributed by atoms with Gasteiger partial charge in [0.1, 0.15) is 10.6 Å². The number of ether oxygens (including phenoxy) is 1. The summed E-state index contributed by atoms with van der Waals surface area (Å²) in [4.78, 5) is 0.181. The Morgan fingerprint density at radius 3 is 2.43 bits per heavy atom. The number of benzene rings is 1. The van der Waals surface area contributed by atoms with Gasteiger partial charge in [-0.2, -0.15) is 0 Å². The molecule has 0 heterocycles. The van der Waals surface area contributed by atoms with Gasteiger partial charge in [0, 0.05) is 12.1 Å². The fraction of sp³-hybridized carbons (Fsp3) is 0.571. The van der Waals surface area contributed by atoms with Gasteiger partial charge in [0.15, 0.2) is 0 Å². The van der Waals surface area contributed by atoms with Crippen LogP contribution in [0.25, 0.3) is 0 Å². The van der Waals surface area contributed by atoms with Crippen molar-refractivity contribution in [3.63, 3.8) is 0 Å². The number of rotatable bonds is 5. The van der Waals surface area contributed by atoms with Crippen LogP contribution in [-0.4, -0.2) is 27.6 Å². The second kappa shape index (κ2) is 6.52. The number of hydrogen-bond donors (Lipinski definition) is 2. The van der Waals surface area contributed by atoms with Crippen LogP contribution in [0, 0.1) is 13.8 Å². The second-order valence-electron chi connectivity index (χ2n) is 5.65. The molecule has 5 nitrogen and oxygen atoms in total. The summed E-state index contributed by atoms with van der Waals surface area (Å²) in [5.41, 5.74) is 7.36. The van der Waals surface area contributed by atoms with Gasteiger partial charge in [0.25, 0.3) is 0 Å². The van der Waals surface area contributed by atoms with E-state index in [9.17, 15) is 8.42 Å². The highest BCUT2D eigenvalue weighted by molar-refractivity contribution is 7.89. The van der Waals surface area contributed by atoms with Crippen LogP contribution in [0.5, 0.6) is 5.75 Å². The van der Waals surface area contributed by atoms with E-state index in [1.807, 2.05) is 19.9 Å². The molecule has 1 fully saturated rings. The molecular weight excluding hydrogens is 312 g/mol. The average molecular weight is 335 g/mol. The maximum Gasteiger partial charge on any atom is 0.244 e. The number of sulfonamides is 1. The van der Waals surface area contributed by atoms with E-state index in [1.54, 1.807) is 6.07 Å². The highest BCUT2D eigenvalue weighted by atomic mass is 35.5. The highest BCUT2D eigenvalue weighted by Gasteiger charge is 2.34. The van der Waals surface area contributed by atoms with Crippen LogP contribution in [0.2, 0.25) is 0 Å². The number of nitrogens with two attached hydrogens (primary N) is 1. The first-order valence-corrected chi connectivity index (χ1v) is 8.19. The average Bonchev–Trinajstić information content (AvgIpc) is 2.33. The van der Waals surface area contributed by atoms with E-state index in [2.05, 4.69) is 4.72 Å². The van der Waals surface area contributed by atoms with E-state index in [1.165, 1.54) is 7.11 Å². The second-order valence-corrected chi connectivity index (χ2v) is 7.39. The zero-order valence-corrected chi connectivity index (χ0v) is 14.2. The van der Waals surface area contributed by atoms with Gasteiger partial charge in [-0.05, 0) is 50.3 Å². The molecule has 0 aromatic heterocycles. The minimum Gasteiger partial charge on any atom is -0.495 e. The third-order valence-corrected chi connectivity index (χ3v) is 5.25. The number of methoxy groups -OCH3 is 1. The number of hydrogen-bond acceptors (Lipinski definition) is 4. The van der Waals surface area contributed by atoms with Crippen molar-refractivity contribution in [2.75, 3.05) is 13.7 Å². The third kappa shape index (κ3) is 3.88. The van der Waals surface area contributed by atoms with E-state index in [4.69, 9.17) is 10.5 Å². The van der Waals surface area contributed by atoms with Gasteiger partial charge in [-0.3, -0.25) is 0 Å². The van der Waals surface area contributed by atoms with Crippen LogP contribution in [0.1, 0.15) is 30.4 Å². The maximum atomic E-state index is 12.5. The van der Waals surface area contributed by atoms with Crippen molar-refractivity contribution in [2.45, 2.75) is 43.5 Å². The molecule has 0 aliphatic heterocycles. The lowest BCUT2D eigenvalue weighted by molar-refractivity contribution is 0.251. The zero-order chi connectivity index (χ0) is 15.0. The standard InChI is InChI=1S/C14H22N2O3S.ClH/c1-10-7-11(2)13(19-3)12(8-10)20(17,18)16-9-14(15)5-4-6-14;/h7-8,16H,4-6,9,15H2,1-3H3;1H. The first kappa shape index (κ1) is 18.2. The molecule has 0 atom stereocenters. The van der Waals surface area contributed by atoms with Gasteiger partial charge < -0.3 is 10.5 Å². The Morgan fingerprint density at radius 1 is 1.33 bits per heavy atom. The Balaban J connectivity index is 0.00000220. The number of nitrogens with one attached hydrogen (secondary N) is 1. The Kier molecular flexibility index (Phi) is 5.66. The predicted octanol–water partition coefficient (Wildman–Crippen LogP) is 1.89. The summed E-state index contributed by atoms with van der Waals surface area (Å²) in [7, 11) is -2.13. The van der Waals surface area contributed by atoms with E-state index >= 15 is 0 Å². The molecule has 1 aromatic rings. The lowest BCUT2D eigenvalue weighted by atomic mass is 9.78. The number of halogens is 1. The van der Waals surface area contributed by atoms with Crippen LogP contribution in [0.3, 0.4) is 0 Å². The third-order valence-electron chi connectivity index (χ3n) is 3.84. The van der Waals surface area contributed by atoms with Crippen LogP contribution < -0.4 is 15.2 Å². The van der Waals surface area contributed by atoms with Crippen LogP contribution in [-0.2, 0) is 10.0 Å². The molecule has 0 saturated heterocycles. The van der Waals surface area contributed by atoms with Crippen LogP contribution in [0.15, 0.2) is 17.0 Å². The topological polar surface area (TPSA) is 81.4 Å². The SMILES string of the molecule is COc1c(C)cc(C)cc1S(=O)(=O)NCC1(N)CCC1.Cl. The summed E-state index contributed by atoms with van der Waals surface area (Å²) in [5, 5.41) is 0. The molecule has 1 saturated carbocycles. The zero-order valence-electron chi connectivity index (χ0n) is 12.6. The van der Waals surface area contributed by atoms with Crippen LogP contribution in [0.4, 0.5) is 0 Å². The summed E-state index contributed by atoms with van der Waals surface area (Å²) in [5.74, 6) is 0.391. The molecule has 21 heavy (non-hydrogen) atoms. The molecule has 120 valence electrons. The minimum absolute atomic E-state index is 0. The van der Waals surface area contributed by atoms with Gasteiger partial charge in [-0.25, -0.2) is 13.1 Å². The molecule has 0 radical (unpaired) electrons. The predicted molar refractivity (Wildman–Crippen MR) is 85.7 cm³/mol. The van der Waals surface area contributed by atoms with E-state index in [0.29, 0.717) is 5.75 Å². The first-order valence-electron chi connectivity index (χ1n) is 6.71. The molecule has 1 aromatic carbocycles. The Hall–Kier alpha value is -0.820. The summed E-state index contributed by atoms with van der Waals surface area (Å²) in [6.07, 6.45) is 2.78. The normalized spacial score (nSPS) is 16.8. The Labute approximate surface area is 132 Å². The summed E-state index contributed by atoms with van der Waals surface area (Å²) >= 11 is 0. The summed E-state index contributed by atoms with van der Waals surface area (Å²) < 4.78 is 32.8. The smallest absolute Gasteiger partial charge is 0.244 e. The molecular formula is C14H23ClN2O3S. The molecule has 7 heteroatoms. The van der Waals surface area contributed by atoms with Gasteiger partial charge in [0.2, 0.25) is 10.0 Å². The maximum absolute atomic E-state index is 12.5. The Morgan fingerprint density at radius 2 is 1.95 bits per heavy atom. The van der Waals surface area contributed by atoms with Crippen molar-refractivity contribution < 1.29 is 13.2 Å². The molecule has 2 rings (SSSR count). The van der Waals surface area contributed by atoms with Crippen molar-refractivity contribution in [3.05, 3.63) is 23.3 Å². The largest absolute Gasteiger partial charge is 0.495 e. The highest BCUT2D eigenvalue weighted by Crippen LogP contribution is 2.31. The fourth-order valence-corrected chi connectivity index (χ4v) is 3.96. The molecule has 0 spiro atoms. The lowest BCUT2D eigenvalue weighted by Gasteiger charge is -2.38. The van der Waals surface area contributed by atoms with E-state index in [0.717, 1.165) is 30.4 Å². The first-order chi connectivity index (χ1) is 9.27. The quantitative estimate of drug-likeness (QED) is 0.861. The minimum atomic E-state index is -3.61. The lowest BCUT2D eigenvalue weighted by Crippen LogP contribution is -2.54. The molecule has 1 aliphatic rings. The van der Waals surface area contributed by atoms with Crippen molar-refractivity contribution >= 4 is 22.4 Å². The molecule has 3 N–H and O–H groups in total. The van der Waals surface area contributed by atoms with Crippen molar-refractivity contribution in [3.8, 4) is 5.75 Å². The summed E-state index contributed by atoms with van der Waals surface area (Å²) in [6, 6.07) is 3.52. The summed E-state index contributed by atoms with van der Waals surface area (Å²) in [6.45, 7) is 3.97. The van der Waals surface area contributed by atoms with Crippen molar-refractivity contribution in [2.24, 2.45) is 5.73 Å². The Bertz CT molecular complexity index is 613. The van der Waals surface area contributed by atoms with E-state index in [-0.39, 0.29) is 29.4 Å².